The summed E-state index contributed by atoms with van der Waals surface area (Å²) in [6, 6.07) is 1.96. The third-order valence-electron chi connectivity index (χ3n) is 3.08. The van der Waals surface area contributed by atoms with E-state index in [0.717, 1.165) is 29.8 Å². The van der Waals surface area contributed by atoms with Gasteiger partial charge in [-0.15, -0.1) is 11.6 Å². The average Bonchev–Trinajstić information content (AvgIpc) is 3.00. The van der Waals surface area contributed by atoms with E-state index >= 15 is 0 Å². The Morgan fingerprint density at radius 3 is 2.95 bits per heavy atom. The standard InChI is InChI=1S/C13H14ClN5O/c1-9-16-12(18-20-9)4-7-19-11-3-6-15-8-10(11)17-13(19)2-5-14/h3,6,8H,2,4-5,7H2,1H3. The lowest BCUT2D eigenvalue weighted by Crippen LogP contribution is -2.07. The van der Waals surface area contributed by atoms with Crippen molar-refractivity contribution in [3.05, 3.63) is 36.0 Å². The van der Waals surface area contributed by atoms with E-state index in [1.165, 1.54) is 0 Å². The van der Waals surface area contributed by atoms with Crippen LogP contribution >= 0.6 is 11.6 Å². The SMILES string of the molecule is Cc1nc(CCn2c(CCCl)nc3cnccc32)no1. The molecule has 3 rings (SSSR count). The number of hydrogen-bond acceptors (Lipinski definition) is 5. The molecule has 0 bridgehead atoms. The zero-order valence-corrected chi connectivity index (χ0v) is 11.8. The second kappa shape index (κ2) is 5.58. The van der Waals surface area contributed by atoms with Gasteiger partial charge in [0, 0.05) is 38.4 Å². The maximum Gasteiger partial charge on any atom is 0.223 e. The number of hydrogen-bond donors (Lipinski definition) is 0. The summed E-state index contributed by atoms with van der Waals surface area (Å²) in [6.07, 6.45) is 4.95. The summed E-state index contributed by atoms with van der Waals surface area (Å²) in [5.74, 6) is 2.79. The van der Waals surface area contributed by atoms with Gasteiger partial charge >= 0.3 is 0 Å². The molecule has 0 unspecified atom stereocenters. The van der Waals surface area contributed by atoms with Crippen LogP contribution in [0.2, 0.25) is 0 Å². The molecule has 0 aliphatic rings. The Morgan fingerprint density at radius 2 is 2.20 bits per heavy atom. The first-order valence-corrected chi connectivity index (χ1v) is 6.95. The minimum absolute atomic E-state index is 0.540. The first-order chi connectivity index (χ1) is 9.78. The van der Waals surface area contributed by atoms with Crippen LogP contribution in [0.1, 0.15) is 17.5 Å². The molecule has 0 saturated carbocycles. The molecule has 0 N–H and O–H groups in total. The Labute approximate surface area is 120 Å². The molecule has 3 heterocycles. The van der Waals surface area contributed by atoms with E-state index in [4.69, 9.17) is 16.1 Å². The van der Waals surface area contributed by atoms with E-state index in [9.17, 15) is 0 Å². The molecule has 0 radical (unpaired) electrons. The lowest BCUT2D eigenvalue weighted by atomic mass is 10.3. The van der Waals surface area contributed by atoms with E-state index in [0.29, 0.717) is 24.0 Å². The van der Waals surface area contributed by atoms with Gasteiger partial charge in [-0.2, -0.15) is 4.98 Å². The van der Waals surface area contributed by atoms with Crippen LogP contribution in [-0.2, 0) is 19.4 Å². The number of pyridine rings is 1. The number of imidazole rings is 1. The zero-order valence-electron chi connectivity index (χ0n) is 11.1. The van der Waals surface area contributed by atoms with Gasteiger partial charge in [-0.1, -0.05) is 5.16 Å². The summed E-state index contributed by atoms with van der Waals surface area (Å²) in [7, 11) is 0. The number of alkyl halides is 1. The number of nitrogens with zero attached hydrogens (tertiary/aromatic N) is 5. The molecule has 0 aliphatic carbocycles. The minimum Gasteiger partial charge on any atom is -0.340 e. The Balaban J connectivity index is 1.90. The summed E-state index contributed by atoms with van der Waals surface area (Å²) >= 11 is 5.85. The monoisotopic (exact) mass is 291 g/mol. The molecule has 0 aliphatic heterocycles. The van der Waals surface area contributed by atoms with Crippen molar-refractivity contribution < 1.29 is 4.52 Å². The van der Waals surface area contributed by atoms with Crippen LogP contribution < -0.4 is 0 Å². The highest BCUT2D eigenvalue weighted by Gasteiger charge is 2.11. The third kappa shape index (κ3) is 2.51. The van der Waals surface area contributed by atoms with Gasteiger partial charge in [0.15, 0.2) is 5.82 Å². The quantitative estimate of drug-likeness (QED) is 0.674. The smallest absolute Gasteiger partial charge is 0.223 e. The molecular weight excluding hydrogens is 278 g/mol. The van der Waals surface area contributed by atoms with Gasteiger partial charge in [0.05, 0.1) is 11.7 Å². The van der Waals surface area contributed by atoms with Crippen molar-refractivity contribution in [3.63, 3.8) is 0 Å². The molecule has 6 nitrogen and oxygen atoms in total. The van der Waals surface area contributed by atoms with Crippen molar-refractivity contribution in [1.82, 2.24) is 24.7 Å². The summed E-state index contributed by atoms with van der Waals surface area (Å²) < 4.78 is 7.13. The normalized spacial score (nSPS) is 11.3. The van der Waals surface area contributed by atoms with Crippen molar-refractivity contribution in [1.29, 1.82) is 0 Å². The first-order valence-electron chi connectivity index (χ1n) is 6.42. The molecule has 3 aromatic heterocycles. The van der Waals surface area contributed by atoms with Gasteiger partial charge in [0.25, 0.3) is 0 Å². The van der Waals surface area contributed by atoms with Crippen LogP contribution in [-0.4, -0.2) is 30.6 Å². The van der Waals surface area contributed by atoms with Crippen molar-refractivity contribution in [2.75, 3.05) is 5.88 Å². The Morgan fingerprint density at radius 1 is 1.30 bits per heavy atom. The number of aryl methyl sites for hydroxylation is 4. The lowest BCUT2D eigenvalue weighted by molar-refractivity contribution is 0.386. The van der Waals surface area contributed by atoms with Gasteiger partial charge < -0.3 is 9.09 Å². The van der Waals surface area contributed by atoms with Gasteiger partial charge in [0.2, 0.25) is 5.89 Å². The van der Waals surface area contributed by atoms with Crippen molar-refractivity contribution in [3.8, 4) is 0 Å². The lowest BCUT2D eigenvalue weighted by Gasteiger charge is -2.06. The second-order valence-electron chi connectivity index (χ2n) is 4.46. The highest BCUT2D eigenvalue weighted by molar-refractivity contribution is 6.17. The summed E-state index contributed by atoms with van der Waals surface area (Å²) in [5.41, 5.74) is 1.94. The van der Waals surface area contributed by atoms with Crippen LogP contribution in [0.25, 0.3) is 11.0 Å². The number of rotatable bonds is 5. The molecule has 0 atom stereocenters. The van der Waals surface area contributed by atoms with Crippen LogP contribution in [0.15, 0.2) is 23.0 Å². The van der Waals surface area contributed by atoms with Crippen LogP contribution in [0.3, 0.4) is 0 Å². The van der Waals surface area contributed by atoms with Gasteiger partial charge in [-0.3, -0.25) is 4.98 Å². The van der Waals surface area contributed by atoms with Crippen LogP contribution in [0.5, 0.6) is 0 Å². The van der Waals surface area contributed by atoms with E-state index in [2.05, 4.69) is 24.7 Å². The Hall–Kier alpha value is -1.95. The highest BCUT2D eigenvalue weighted by atomic mass is 35.5. The van der Waals surface area contributed by atoms with Crippen LogP contribution in [0, 0.1) is 6.92 Å². The summed E-state index contributed by atoms with van der Waals surface area (Å²) in [5, 5.41) is 3.91. The Bertz CT molecular complexity index is 720. The van der Waals surface area contributed by atoms with Gasteiger partial charge in [-0.25, -0.2) is 4.98 Å². The molecular formula is C13H14ClN5O. The maximum atomic E-state index is 5.85. The highest BCUT2D eigenvalue weighted by Crippen LogP contribution is 2.16. The fraction of sp³-hybridized carbons (Fsp3) is 0.385. The third-order valence-corrected chi connectivity index (χ3v) is 3.27. The molecule has 0 spiro atoms. The molecule has 0 amide bonds. The van der Waals surface area contributed by atoms with E-state index in [1.807, 2.05) is 6.07 Å². The predicted molar refractivity (Wildman–Crippen MR) is 74.7 cm³/mol. The molecule has 0 aromatic carbocycles. The predicted octanol–water partition coefficient (Wildman–Crippen LogP) is 2.15. The fourth-order valence-corrected chi connectivity index (χ4v) is 2.38. The van der Waals surface area contributed by atoms with Gasteiger partial charge in [-0.05, 0) is 6.07 Å². The number of aromatic nitrogens is 5. The maximum absolute atomic E-state index is 5.85. The number of halogens is 1. The first kappa shape index (κ1) is 13.1. The zero-order chi connectivity index (χ0) is 13.9. The average molecular weight is 292 g/mol. The van der Waals surface area contributed by atoms with E-state index in [1.54, 1.807) is 19.3 Å². The number of fused-ring (bicyclic) bond motifs is 1. The van der Waals surface area contributed by atoms with Crippen molar-refractivity contribution >= 4 is 22.6 Å². The molecule has 3 aromatic rings. The second-order valence-corrected chi connectivity index (χ2v) is 4.84. The Kier molecular flexibility index (Phi) is 3.64. The molecule has 20 heavy (non-hydrogen) atoms. The van der Waals surface area contributed by atoms with E-state index < -0.39 is 0 Å². The summed E-state index contributed by atoms with van der Waals surface area (Å²) in [6.45, 7) is 2.53. The van der Waals surface area contributed by atoms with Crippen LogP contribution in [0.4, 0.5) is 0 Å². The van der Waals surface area contributed by atoms with Gasteiger partial charge in [0.1, 0.15) is 11.3 Å². The molecule has 104 valence electrons. The molecule has 0 fully saturated rings. The van der Waals surface area contributed by atoms with Crippen molar-refractivity contribution in [2.45, 2.75) is 26.3 Å². The van der Waals surface area contributed by atoms with Crippen molar-refractivity contribution in [2.24, 2.45) is 0 Å². The fourth-order valence-electron chi connectivity index (χ4n) is 2.21. The minimum atomic E-state index is 0.540. The molecule has 0 saturated heterocycles. The van der Waals surface area contributed by atoms with E-state index in [-0.39, 0.29) is 0 Å². The summed E-state index contributed by atoms with van der Waals surface area (Å²) in [4.78, 5) is 12.9. The molecule has 7 heteroatoms. The topological polar surface area (TPSA) is 69.6 Å². The largest absolute Gasteiger partial charge is 0.340 e.